The fourth-order valence-corrected chi connectivity index (χ4v) is 1.46. The number of fused-ring (bicyclic) bond motifs is 1. The molecular formula is C11H14Cl2N2. The lowest BCUT2D eigenvalue weighted by molar-refractivity contribution is 0.971. The minimum absolute atomic E-state index is 0. The number of halogens is 2. The van der Waals surface area contributed by atoms with Gasteiger partial charge in [-0.05, 0) is 36.0 Å². The van der Waals surface area contributed by atoms with Gasteiger partial charge < -0.3 is 5.73 Å². The first-order chi connectivity index (χ1) is 6.40. The van der Waals surface area contributed by atoms with Crippen LogP contribution < -0.4 is 5.73 Å². The van der Waals surface area contributed by atoms with Crippen LogP contribution in [-0.2, 0) is 6.42 Å². The molecule has 0 bridgehead atoms. The molecule has 0 amide bonds. The lowest BCUT2D eigenvalue weighted by Gasteiger charge is -2.00. The average molecular weight is 245 g/mol. The van der Waals surface area contributed by atoms with Gasteiger partial charge in [0.1, 0.15) is 0 Å². The highest BCUT2D eigenvalue weighted by molar-refractivity contribution is 5.85. The number of nitrogens with zero attached hydrogens (tertiary/aromatic N) is 1. The van der Waals surface area contributed by atoms with Crippen molar-refractivity contribution in [3.63, 3.8) is 0 Å². The Morgan fingerprint density at radius 1 is 1.07 bits per heavy atom. The molecule has 0 saturated heterocycles. The zero-order chi connectivity index (χ0) is 9.10. The van der Waals surface area contributed by atoms with Crippen LogP contribution in [0, 0.1) is 0 Å². The highest BCUT2D eigenvalue weighted by atomic mass is 35.5. The second-order valence-electron chi connectivity index (χ2n) is 3.10. The standard InChI is InChI=1S/C11H12N2.2ClH/c12-5-3-9-1-2-10-4-6-13-8-11(10)7-9;;/h1-2,4,6-8H,3,5,12H2;2*1H. The summed E-state index contributed by atoms with van der Waals surface area (Å²) >= 11 is 0. The van der Waals surface area contributed by atoms with Gasteiger partial charge in [-0.3, -0.25) is 4.98 Å². The maximum absolute atomic E-state index is 5.49. The van der Waals surface area contributed by atoms with Crippen LogP contribution >= 0.6 is 24.8 Å². The number of hydrogen-bond acceptors (Lipinski definition) is 2. The van der Waals surface area contributed by atoms with Gasteiger partial charge in [-0.1, -0.05) is 12.1 Å². The van der Waals surface area contributed by atoms with E-state index in [-0.39, 0.29) is 24.8 Å². The van der Waals surface area contributed by atoms with Crippen molar-refractivity contribution in [3.8, 4) is 0 Å². The van der Waals surface area contributed by atoms with E-state index in [4.69, 9.17) is 5.73 Å². The molecule has 4 heteroatoms. The van der Waals surface area contributed by atoms with Crippen molar-refractivity contribution in [2.45, 2.75) is 6.42 Å². The first kappa shape index (κ1) is 14.2. The molecule has 2 aromatic rings. The topological polar surface area (TPSA) is 38.9 Å². The van der Waals surface area contributed by atoms with Crippen LogP contribution in [0.5, 0.6) is 0 Å². The summed E-state index contributed by atoms with van der Waals surface area (Å²) in [4.78, 5) is 4.08. The Morgan fingerprint density at radius 3 is 2.60 bits per heavy atom. The lowest BCUT2D eigenvalue weighted by atomic mass is 10.1. The summed E-state index contributed by atoms with van der Waals surface area (Å²) in [7, 11) is 0. The normalized spacial score (nSPS) is 9.13. The van der Waals surface area contributed by atoms with E-state index in [1.807, 2.05) is 18.5 Å². The van der Waals surface area contributed by atoms with E-state index in [0.717, 1.165) is 6.42 Å². The molecule has 0 unspecified atom stereocenters. The summed E-state index contributed by atoms with van der Waals surface area (Å²) in [6.45, 7) is 0.700. The monoisotopic (exact) mass is 244 g/mol. The van der Waals surface area contributed by atoms with Crippen LogP contribution in [0.2, 0.25) is 0 Å². The fourth-order valence-electron chi connectivity index (χ4n) is 1.46. The molecule has 82 valence electrons. The molecule has 0 spiro atoms. The molecule has 0 aliphatic heterocycles. The maximum Gasteiger partial charge on any atom is 0.0346 e. The largest absolute Gasteiger partial charge is 0.330 e. The predicted octanol–water partition coefficient (Wildman–Crippen LogP) is 2.58. The van der Waals surface area contributed by atoms with Crippen molar-refractivity contribution in [2.75, 3.05) is 6.54 Å². The molecule has 2 rings (SSSR count). The summed E-state index contributed by atoms with van der Waals surface area (Å²) < 4.78 is 0. The van der Waals surface area contributed by atoms with Gasteiger partial charge >= 0.3 is 0 Å². The summed E-state index contributed by atoms with van der Waals surface area (Å²) in [5.74, 6) is 0. The second-order valence-corrected chi connectivity index (χ2v) is 3.10. The Hall–Kier alpha value is -0.830. The zero-order valence-corrected chi connectivity index (χ0v) is 9.85. The first-order valence-corrected chi connectivity index (χ1v) is 4.43. The third-order valence-corrected chi connectivity index (χ3v) is 2.14. The lowest BCUT2D eigenvalue weighted by Crippen LogP contribution is -2.02. The molecule has 0 atom stereocenters. The number of hydrogen-bond donors (Lipinski definition) is 1. The minimum Gasteiger partial charge on any atom is -0.330 e. The van der Waals surface area contributed by atoms with Gasteiger partial charge in [-0.2, -0.15) is 0 Å². The molecule has 1 aromatic carbocycles. The Morgan fingerprint density at radius 2 is 1.87 bits per heavy atom. The Kier molecular flexibility index (Phi) is 6.25. The zero-order valence-electron chi connectivity index (χ0n) is 8.22. The van der Waals surface area contributed by atoms with Crippen LogP contribution in [0.15, 0.2) is 36.7 Å². The number of rotatable bonds is 2. The van der Waals surface area contributed by atoms with Gasteiger partial charge in [-0.25, -0.2) is 0 Å². The molecule has 0 fully saturated rings. The smallest absolute Gasteiger partial charge is 0.0346 e. The SMILES string of the molecule is Cl.Cl.NCCc1ccc2ccncc2c1. The number of nitrogens with two attached hydrogens (primary N) is 1. The summed E-state index contributed by atoms with van der Waals surface area (Å²) in [6, 6.07) is 8.40. The van der Waals surface area contributed by atoms with E-state index in [9.17, 15) is 0 Å². The van der Waals surface area contributed by atoms with Crippen molar-refractivity contribution >= 4 is 35.6 Å². The van der Waals surface area contributed by atoms with Gasteiger partial charge in [0.15, 0.2) is 0 Å². The fraction of sp³-hybridized carbons (Fsp3) is 0.182. The van der Waals surface area contributed by atoms with Crippen molar-refractivity contribution < 1.29 is 0 Å². The van der Waals surface area contributed by atoms with Crippen LogP contribution in [0.3, 0.4) is 0 Å². The van der Waals surface area contributed by atoms with E-state index in [2.05, 4.69) is 23.2 Å². The van der Waals surface area contributed by atoms with E-state index < -0.39 is 0 Å². The average Bonchev–Trinajstić information content (AvgIpc) is 2.18. The number of pyridine rings is 1. The quantitative estimate of drug-likeness (QED) is 0.883. The third-order valence-electron chi connectivity index (χ3n) is 2.14. The molecular weight excluding hydrogens is 231 g/mol. The Bertz CT molecular complexity index is 418. The van der Waals surface area contributed by atoms with E-state index in [1.165, 1.54) is 16.3 Å². The van der Waals surface area contributed by atoms with Crippen molar-refractivity contribution in [1.29, 1.82) is 0 Å². The Labute approximate surface area is 102 Å². The van der Waals surface area contributed by atoms with E-state index in [1.54, 1.807) is 0 Å². The van der Waals surface area contributed by atoms with Crippen molar-refractivity contribution in [1.82, 2.24) is 4.98 Å². The highest BCUT2D eigenvalue weighted by Crippen LogP contribution is 2.14. The highest BCUT2D eigenvalue weighted by Gasteiger charge is 1.94. The summed E-state index contributed by atoms with van der Waals surface area (Å²) in [5, 5.41) is 2.42. The third kappa shape index (κ3) is 3.34. The van der Waals surface area contributed by atoms with Gasteiger partial charge in [0.2, 0.25) is 0 Å². The molecule has 2 N–H and O–H groups in total. The van der Waals surface area contributed by atoms with E-state index >= 15 is 0 Å². The van der Waals surface area contributed by atoms with Crippen LogP contribution in [-0.4, -0.2) is 11.5 Å². The number of aromatic nitrogens is 1. The van der Waals surface area contributed by atoms with E-state index in [0.29, 0.717) is 6.54 Å². The van der Waals surface area contributed by atoms with Gasteiger partial charge in [0.05, 0.1) is 0 Å². The minimum atomic E-state index is 0. The maximum atomic E-state index is 5.49. The van der Waals surface area contributed by atoms with Gasteiger partial charge in [-0.15, -0.1) is 24.8 Å². The molecule has 0 aliphatic rings. The van der Waals surface area contributed by atoms with Crippen LogP contribution in [0.1, 0.15) is 5.56 Å². The summed E-state index contributed by atoms with van der Waals surface area (Å²) in [6.07, 6.45) is 4.63. The molecule has 1 aromatic heterocycles. The van der Waals surface area contributed by atoms with Crippen LogP contribution in [0.4, 0.5) is 0 Å². The Balaban J connectivity index is 0.000000980. The first-order valence-electron chi connectivity index (χ1n) is 4.43. The number of benzene rings is 1. The molecule has 1 heterocycles. The molecule has 0 aliphatic carbocycles. The van der Waals surface area contributed by atoms with Gasteiger partial charge in [0, 0.05) is 17.8 Å². The summed E-state index contributed by atoms with van der Waals surface area (Å²) in [5.41, 5.74) is 6.77. The molecule has 0 radical (unpaired) electrons. The van der Waals surface area contributed by atoms with Crippen LogP contribution in [0.25, 0.3) is 10.8 Å². The second kappa shape index (κ2) is 6.62. The molecule has 15 heavy (non-hydrogen) atoms. The molecule has 0 saturated carbocycles. The molecule has 2 nitrogen and oxygen atoms in total. The van der Waals surface area contributed by atoms with Crippen molar-refractivity contribution in [2.24, 2.45) is 5.73 Å². The van der Waals surface area contributed by atoms with Gasteiger partial charge in [0.25, 0.3) is 0 Å². The van der Waals surface area contributed by atoms with Crippen molar-refractivity contribution in [3.05, 3.63) is 42.2 Å². The predicted molar refractivity (Wildman–Crippen MR) is 69.0 cm³/mol.